The highest BCUT2D eigenvalue weighted by atomic mass is 32.2. The standard InChI is InChI=1S/C16H18N2O3S2/c1-10-5-6-12-11(9-10)3-2-4-13(12)18-16(19)14-7-8-15(22-14)23(17,20)21/h5-9,13H,2-4H2,1H3,(H,18,19)(H2,17,20,21)/t13-/m1/s1. The van der Waals surface area contributed by atoms with Crippen molar-refractivity contribution in [1.29, 1.82) is 0 Å². The molecule has 0 unspecified atom stereocenters. The maximum Gasteiger partial charge on any atom is 0.261 e. The monoisotopic (exact) mass is 350 g/mol. The van der Waals surface area contributed by atoms with Crippen molar-refractivity contribution in [1.82, 2.24) is 5.32 Å². The number of fused-ring (bicyclic) bond motifs is 1. The minimum absolute atomic E-state index is 0.00215. The smallest absolute Gasteiger partial charge is 0.261 e. The van der Waals surface area contributed by atoms with Crippen molar-refractivity contribution >= 4 is 27.3 Å². The minimum atomic E-state index is -3.76. The summed E-state index contributed by atoms with van der Waals surface area (Å²) >= 11 is 0.895. The molecule has 5 nitrogen and oxygen atoms in total. The molecule has 0 bridgehead atoms. The van der Waals surface area contributed by atoms with E-state index in [1.165, 1.54) is 23.3 Å². The SMILES string of the molecule is Cc1ccc2c(c1)CCC[C@H]2NC(=O)c1ccc(S(N)(=O)=O)s1. The van der Waals surface area contributed by atoms with Gasteiger partial charge in [-0.2, -0.15) is 0 Å². The number of rotatable bonds is 3. The van der Waals surface area contributed by atoms with Crippen LogP contribution in [0.2, 0.25) is 0 Å². The molecule has 7 heteroatoms. The lowest BCUT2D eigenvalue weighted by atomic mass is 9.86. The molecule has 1 aliphatic carbocycles. The van der Waals surface area contributed by atoms with E-state index >= 15 is 0 Å². The fourth-order valence-electron chi connectivity index (χ4n) is 2.92. The van der Waals surface area contributed by atoms with Crippen LogP contribution in [-0.4, -0.2) is 14.3 Å². The highest BCUT2D eigenvalue weighted by Gasteiger charge is 2.23. The Labute approximate surface area is 139 Å². The molecule has 1 aromatic carbocycles. The van der Waals surface area contributed by atoms with Crippen molar-refractivity contribution in [3.63, 3.8) is 0 Å². The van der Waals surface area contributed by atoms with Crippen LogP contribution >= 0.6 is 11.3 Å². The Morgan fingerprint density at radius 3 is 2.78 bits per heavy atom. The lowest BCUT2D eigenvalue weighted by molar-refractivity contribution is 0.0937. The van der Waals surface area contributed by atoms with Crippen molar-refractivity contribution in [2.24, 2.45) is 5.14 Å². The second kappa shape index (κ2) is 6.07. The largest absolute Gasteiger partial charge is 0.345 e. The van der Waals surface area contributed by atoms with Crippen LogP contribution in [0, 0.1) is 6.92 Å². The fourth-order valence-corrected chi connectivity index (χ4v) is 4.55. The van der Waals surface area contributed by atoms with Gasteiger partial charge in [-0.15, -0.1) is 11.3 Å². The maximum absolute atomic E-state index is 12.4. The fraction of sp³-hybridized carbons (Fsp3) is 0.312. The van der Waals surface area contributed by atoms with Gasteiger partial charge in [0.2, 0.25) is 10.0 Å². The summed E-state index contributed by atoms with van der Waals surface area (Å²) < 4.78 is 22.6. The van der Waals surface area contributed by atoms with Gasteiger partial charge in [-0.25, -0.2) is 13.6 Å². The van der Waals surface area contributed by atoms with Crippen molar-refractivity contribution in [2.75, 3.05) is 0 Å². The van der Waals surface area contributed by atoms with Crippen LogP contribution < -0.4 is 10.5 Å². The summed E-state index contributed by atoms with van der Waals surface area (Å²) in [6, 6.07) is 9.11. The molecule has 0 radical (unpaired) electrons. The third kappa shape index (κ3) is 3.46. The van der Waals surface area contributed by atoms with Gasteiger partial charge in [0, 0.05) is 0 Å². The van der Waals surface area contributed by atoms with Gasteiger partial charge in [0.25, 0.3) is 5.91 Å². The first kappa shape index (κ1) is 16.2. The molecule has 23 heavy (non-hydrogen) atoms. The molecule has 0 saturated heterocycles. The third-order valence-electron chi connectivity index (χ3n) is 4.00. The molecular weight excluding hydrogens is 332 g/mol. The summed E-state index contributed by atoms with van der Waals surface area (Å²) in [7, 11) is -3.76. The second-order valence-corrected chi connectivity index (χ2v) is 8.66. The predicted molar refractivity (Wildman–Crippen MR) is 90.0 cm³/mol. The Morgan fingerprint density at radius 1 is 1.30 bits per heavy atom. The Hall–Kier alpha value is -1.70. The Bertz CT molecular complexity index is 856. The lowest BCUT2D eigenvalue weighted by Crippen LogP contribution is -2.30. The predicted octanol–water partition coefficient (Wildman–Crippen LogP) is 2.51. The molecule has 0 aliphatic heterocycles. The van der Waals surface area contributed by atoms with E-state index < -0.39 is 10.0 Å². The lowest BCUT2D eigenvalue weighted by Gasteiger charge is -2.26. The van der Waals surface area contributed by atoms with Crippen molar-refractivity contribution < 1.29 is 13.2 Å². The number of amides is 1. The molecule has 1 atom stereocenters. The van der Waals surface area contributed by atoms with Gasteiger partial charge < -0.3 is 5.32 Å². The van der Waals surface area contributed by atoms with Gasteiger partial charge in [-0.1, -0.05) is 23.8 Å². The number of nitrogens with one attached hydrogen (secondary N) is 1. The Kier molecular flexibility index (Phi) is 4.27. The van der Waals surface area contributed by atoms with E-state index in [1.54, 1.807) is 0 Å². The van der Waals surface area contributed by atoms with Gasteiger partial charge >= 0.3 is 0 Å². The molecule has 0 spiro atoms. The molecule has 3 rings (SSSR count). The van der Waals surface area contributed by atoms with Gasteiger partial charge in [-0.3, -0.25) is 4.79 Å². The van der Waals surface area contributed by atoms with Gasteiger partial charge in [0.15, 0.2) is 0 Å². The van der Waals surface area contributed by atoms with Crippen LogP contribution in [0.3, 0.4) is 0 Å². The van der Waals surface area contributed by atoms with Gasteiger partial charge in [0.1, 0.15) is 4.21 Å². The first-order chi connectivity index (χ1) is 10.8. The normalized spacial score (nSPS) is 17.6. The average molecular weight is 350 g/mol. The summed E-state index contributed by atoms with van der Waals surface area (Å²) in [5, 5.41) is 8.09. The number of sulfonamides is 1. The third-order valence-corrected chi connectivity index (χ3v) is 6.53. The number of thiophene rings is 1. The van der Waals surface area contributed by atoms with Crippen LogP contribution in [0.15, 0.2) is 34.5 Å². The quantitative estimate of drug-likeness (QED) is 0.891. The molecule has 2 aromatic rings. The highest BCUT2D eigenvalue weighted by molar-refractivity contribution is 7.91. The van der Waals surface area contributed by atoms with E-state index in [-0.39, 0.29) is 16.2 Å². The molecule has 1 heterocycles. The second-order valence-electron chi connectivity index (χ2n) is 5.78. The van der Waals surface area contributed by atoms with E-state index in [9.17, 15) is 13.2 Å². The van der Waals surface area contributed by atoms with E-state index in [0.29, 0.717) is 4.88 Å². The number of carbonyl (C=O) groups is 1. The van der Waals surface area contributed by atoms with Crippen LogP contribution in [0.1, 0.15) is 45.2 Å². The zero-order valence-corrected chi connectivity index (χ0v) is 14.3. The zero-order valence-electron chi connectivity index (χ0n) is 12.7. The summed E-state index contributed by atoms with van der Waals surface area (Å²) in [5.74, 6) is -0.261. The first-order valence-electron chi connectivity index (χ1n) is 7.37. The van der Waals surface area contributed by atoms with E-state index in [0.717, 1.165) is 36.2 Å². The zero-order chi connectivity index (χ0) is 16.6. The van der Waals surface area contributed by atoms with E-state index in [4.69, 9.17) is 5.14 Å². The number of benzene rings is 1. The summed E-state index contributed by atoms with van der Waals surface area (Å²) in [6.45, 7) is 2.06. The Balaban J connectivity index is 1.81. The van der Waals surface area contributed by atoms with Crippen molar-refractivity contribution in [3.8, 4) is 0 Å². The molecular formula is C16H18N2O3S2. The summed E-state index contributed by atoms with van der Waals surface area (Å²) in [6.07, 6.45) is 2.93. The number of hydrogen-bond donors (Lipinski definition) is 2. The topological polar surface area (TPSA) is 89.3 Å². The Morgan fingerprint density at radius 2 is 2.09 bits per heavy atom. The van der Waals surface area contributed by atoms with Crippen molar-refractivity contribution in [3.05, 3.63) is 51.9 Å². The summed E-state index contributed by atoms with van der Waals surface area (Å²) in [5.41, 5.74) is 3.64. The molecule has 0 fully saturated rings. The summed E-state index contributed by atoms with van der Waals surface area (Å²) in [4.78, 5) is 12.7. The van der Waals surface area contributed by atoms with Crippen LogP contribution in [0.25, 0.3) is 0 Å². The average Bonchev–Trinajstić information content (AvgIpc) is 2.97. The first-order valence-corrected chi connectivity index (χ1v) is 9.74. The highest BCUT2D eigenvalue weighted by Crippen LogP contribution is 2.31. The van der Waals surface area contributed by atoms with Gasteiger partial charge in [-0.05, 0) is 49.4 Å². The molecule has 1 amide bonds. The van der Waals surface area contributed by atoms with Crippen LogP contribution in [0.5, 0.6) is 0 Å². The number of hydrogen-bond acceptors (Lipinski definition) is 4. The minimum Gasteiger partial charge on any atom is -0.345 e. The number of nitrogens with two attached hydrogens (primary N) is 1. The van der Waals surface area contributed by atoms with Crippen LogP contribution in [0.4, 0.5) is 0 Å². The molecule has 122 valence electrons. The van der Waals surface area contributed by atoms with E-state index in [2.05, 4.69) is 24.4 Å². The van der Waals surface area contributed by atoms with E-state index in [1.807, 2.05) is 6.07 Å². The number of carbonyl (C=O) groups excluding carboxylic acids is 1. The number of primary sulfonamides is 1. The van der Waals surface area contributed by atoms with Crippen molar-refractivity contribution in [2.45, 2.75) is 36.4 Å². The van der Waals surface area contributed by atoms with Crippen LogP contribution in [-0.2, 0) is 16.4 Å². The maximum atomic E-state index is 12.4. The molecule has 3 N–H and O–H groups in total. The van der Waals surface area contributed by atoms with Gasteiger partial charge in [0.05, 0.1) is 10.9 Å². The molecule has 0 saturated carbocycles. The number of aryl methyl sites for hydroxylation is 2. The molecule has 1 aromatic heterocycles. The molecule has 1 aliphatic rings.